The molecule has 0 saturated heterocycles. The lowest BCUT2D eigenvalue weighted by Gasteiger charge is -2.19. The number of carbonyl (C=O) groups excluding carboxylic acids is 1. The second kappa shape index (κ2) is 5.21. The Morgan fingerprint density at radius 2 is 1.79 bits per heavy atom. The van der Waals surface area contributed by atoms with Crippen molar-refractivity contribution >= 4 is 28.4 Å². The van der Waals surface area contributed by atoms with E-state index in [1.807, 2.05) is 0 Å². The third-order valence-corrected chi connectivity index (χ3v) is 3.71. The van der Waals surface area contributed by atoms with Crippen molar-refractivity contribution in [2.75, 3.05) is 5.32 Å². The number of aliphatic carboxylic acids is 1. The highest BCUT2D eigenvalue weighted by Crippen LogP contribution is 2.33. The summed E-state index contributed by atoms with van der Waals surface area (Å²) in [5, 5.41) is 12.3. The fourth-order valence-electron chi connectivity index (χ4n) is 1.25. The molecule has 0 fully saturated rings. The first-order chi connectivity index (χ1) is 8.52. The Hall–Kier alpha value is -1.56. The first kappa shape index (κ1) is 15.5. The van der Waals surface area contributed by atoms with E-state index in [-0.39, 0.29) is 0 Å². The van der Waals surface area contributed by atoms with Crippen molar-refractivity contribution in [1.82, 2.24) is 0 Å². The zero-order valence-electron chi connectivity index (χ0n) is 11.7. The van der Waals surface area contributed by atoms with Crippen molar-refractivity contribution in [2.24, 2.45) is 0 Å². The molecule has 1 aromatic heterocycles. The molecular formula is C13H19NO4S. The SMILES string of the molecule is CC(C)(C)OC(=O)Nc1ccc(C(C)(C)C(=O)O)s1. The standard InChI is InChI=1S/C13H19NO4S/c1-12(2,3)18-11(17)14-9-7-6-8(19-9)13(4,5)10(15)16/h6-7H,1-5H3,(H,14,17)(H,15,16). The number of rotatable bonds is 3. The van der Waals surface area contributed by atoms with Crippen LogP contribution in [-0.4, -0.2) is 22.8 Å². The molecule has 106 valence electrons. The van der Waals surface area contributed by atoms with E-state index >= 15 is 0 Å². The molecule has 0 aliphatic rings. The molecule has 2 N–H and O–H groups in total. The van der Waals surface area contributed by atoms with Gasteiger partial charge in [-0.1, -0.05) is 0 Å². The number of carboxylic acid groups (broad SMARTS) is 1. The molecule has 19 heavy (non-hydrogen) atoms. The summed E-state index contributed by atoms with van der Waals surface area (Å²) < 4.78 is 5.12. The van der Waals surface area contributed by atoms with E-state index < -0.39 is 23.1 Å². The molecule has 1 rings (SSSR count). The average Bonchev–Trinajstić information content (AvgIpc) is 2.62. The maximum Gasteiger partial charge on any atom is 0.412 e. The Balaban J connectivity index is 2.76. The summed E-state index contributed by atoms with van der Waals surface area (Å²) in [5.41, 5.74) is -1.54. The summed E-state index contributed by atoms with van der Waals surface area (Å²) in [6.45, 7) is 8.58. The Morgan fingerprint density at radius 1 is 1.21 bits per heavy atom. The van der Waals surface area contributed by atoms with Gasteiger partial charge < -0.3 is 9.84 Å². The summed E-state index contributed by atoms with van der Waals surface area (Å²) in [4.78, 5) is 23.4. The molecule has 0 atom stereocenters. The number of hydrogen-bond acceptors (Lipinski definition) is 4. The van der Waals surface area contributed by atoms with Gasteiger partial charge in [-0.3, -0.25) is 10.1 Å². The fraction of sp³-hybridized carbons (Fsp3) is 0.538. The number of thiophene rings is 1. The summed E-state index contributed by atoms with van der Waals surface area (Å²) in [5.74, 6) is -0.904. The van der Waals surface area contributed by atoms with Crippen LogP contribution in [0.15, 0.2) is 12.1 Å². The Bertz CT molecular complexity index is 485. The van der Waals surface area contributed by atoms with Gasteiger partial charge in [0.2, 0.25) is 0 Å². The molecule has 1 amide bonds. The van der Waals surface area contributed by atoms with Crippen molar-refractivity contribution in [2.45, 2.75) is 45.6 Å². The van der Waals surface area contributed by atoms with Crippen LogP contribution in [0, 0.1) is 0 Å². The zero-order chi connectivity index (χ0) is 14.8. The van der Waals surface area contributed by atoms with Crippen molar-refractivity contribution in [1.29, 1.82) is 0 Å². The highest BCUT2D eigenvalue weighted by atomic mass is 32.1. The van der Waals surface area contributed by atoms with Gasteiger partial charge in [-0.15, -0.1) is 11.3 Å². The molecule has 6 heteroatoms. The minimum atomic E-state index is -0.974. The summed E-state index contributed by atoms with van der Waals surface area (Å²) in [6, 6.07) is 3.38. The van der Waals surface area contributed by atoms with Crippen LogP contribution in [0.5, 0.6) is 0 Å². The third-order valence-electron chi connectivity index (χ3n) is 2.38. The van der Waals surface area contributed by atoms with Gasteiger partial charge in [0.25, 0.3) is 0 Å². The van der Waals surface area contributed by atoms with Crippen molar-refractivity contribution in [3.63, 3.8) is 0 Å². The Labute approximate surface area is 116 Å². The minimum Gasteiger partial charge on any atom is -0.481 e. The van der Waals surface area contributed by atoms with Crippen LogP contribution in [0.1, 0.15) is 39.5 Å². The molecule has 0 aliphatic carbocycles. The van der Waals surface area contributed by atoms with Gasteiger partial charge in [0, 0.05) is 4.88 Å². The summed E-state index contributed by atoms with van der Waals surface area (Å²) in [6.07, 6.45) is -0.547. The molecule has 0 radical (unpaired) electrons. The van der Waals surface area contributed by atoms with Crippen LogP contribution in [0.3, 0.4) is 0 Å². The fourth-order valence-corrected chi connectivity index (χ4v) is 2.24. The molecule has 0 unspecified atom stereocenters. The Morgan fingerprint density at radius 3 is 2.26 bits per heavy atom. The van der Waals surface area contributed by atoms with E-state index in [0.29, 0.717) is 9.88 Å². The topological polar surface area (TPSA) is 75.6 Å². The lowest BCUT2D eigenvalue weighted by Crippen LogP contribution is -2.27. The van der Waals surface area contributed by atoms with Crippen LogP contribution in [-0.2, 0) is 14.9 Å². The second-order valence-electron chi connectivity index (χ2n) is 5.72. The molecular weight excluding hydrogens is 266 g/mol. The number of ether oxygens (including phenoxy) is 1. The van der Waals surface area contributed by atoms with E-state index in [2.05, 4.69) is 5.32 Å². The Kier molecular flexibility index (Phi) is 4.25. The van der Waals surface area contributed by atoms with E-state index in [1.165, 1.54) is 11.3 Å². The number of anilines is 1. The number of amides is 1. The largest absolute Gasteiger partial charge is 0.481 e. The lowest BCUT2D eigenvalue weighted by molar-refractivity contribution is -0.142. The van der Waals surface area contributed by atoms with Crippen molar-refractivity contribution < 1.29 is 19.4 Å². The van der Waals surface area contributed by atoms with Gasteiger partial charge >= 0.3 is 12.1 Å². The second-order valence-corrected chi connectivity index (χ2v) is 6.80. The highest BCUT2D eigenvalue weighted by molar-refractivity contribution is 7.16. The molecule has 1 heterocycles. The van der Waals surface area contributed by atoms with Crippen molar-refractivity contribution in [3.05, 3.63) is 17.0 Å². The average molecular weight is 285 g/mol. The first-order valence-electron chi connectivity index (χ1n) is 5.86. The van der Waals surface area contributed by atoms with Crippen LogP contribution in [0.4, 0.5) is 9.80 Å². The molecule has 0 aliphatic heterocycles. The van der Waals surface area contributed by atoms with Gasteiger partial charge in [-0.05, 0) is 46.8 Å². The van der Waals surface area contributed by atoms with Crippen LogP contribution >= 0.6 is 11.3 Å². The van der Waals surface area contributed by atoms with E-state index in [1.54, 1.807) is 46.8 Å². The molecule has 0 aromatic carbocycles. The molecule has 1 aromatic rings. The van der Waals surface area contributed by atoms with E-state index in [9.17, 15) is 9.59 Å². The predicted octanol–water partition coefficient (Wildman–Crippen LogP) is 3.46. The maximum atomic E-state index is 11.6. The summed E-state index contributed by atoms with van der Waals surface area (Å²) in [7, 11) is 0. The van der Waals surface area contributed by atoms with Gasteiger partial charge in [0.15, 0.2) is 0 Å². The van der Waals surface area contributed by atoms with Gasteiger partial charge in [-0.25, -0.2) is 4.79 Å². The smallest absolute Gasteiger partial charge is 0.412 e. The van der Waals surface area contributed by atoms with E-state index in [4.69, 9.17) is 9.84 Å². The summed E-state index contributed by atoms with van der Waals surface area (Å²) >= 11 is 1.23. The quantitative estimate of drug-likeness (QED) is 0.891. The number of carboxylic acids is 1. The van der Waals surface area contributed by atoms with Gasteiger partial charge in [0.05, 0.1) is 10.4 Å². The maximum absolute atomic E-state index is 11.6. The van der Waals surface area contributed by atoms with Crippen LogP contribution in [0.25, 0.3) is 0 Å². The molecule has 0 saturated carbocycles. The van der Waals surface area contributed by atoms with Crippen LogP contribution in [0.2, 0.25) is 0 Å². The van der Waals surface area contributed by atoms with Gasteiger partial charge in [0.1, 0.15) is 5.60 Å². The van der Waals surface area contributed by atoms with E-state index in [0.717, 1.165) is 0 Å². The minimum absolute atomic E-state index is 0.547. The zero-order valence-corrected chi connectivity index (χ0v) is 12.6. The monoisotopic (exact) mass is 285 g/mol. The molecule has 0 spiro atoms. The number of hydrogen-bond donors (Lipinski definition) is 2. The van der Waals surface area contributed by atoms with Gasteiger partial charge in [-0.2, -0.15) is 0 Å². The molecule has 0 bridgehead atoms. The normalized spacial score (nSPS) is 12.1. The van der Waals surface area contributed by atoms with Crippen LogP contribution < -0.4 is 5.32 Å². The molecule has 5 nitrogen and oxygen atoms in total. The third kappa shape index (κ3) is 4.24. The number of nitrogens with one attached hydrogen (secondary N) is 1. The first-order valence-corrected chi connectivity index (χ1v) is 6.68. The predicted molar refractivity (Wildman–Crippen MR) is 74.8 cm³/mol. The number of carbonyl (C=O) groups is 2. The highest BCUT2D eigenvalue weighted by Gasteiger charge is 2.31. The van der Waals surface area contributed by atoms with Crippen molar-refractivity contribution in [3.8, 4) is 0 Å². The lowest BCUT2D eigenvalue weighted by atomic mass is 9.92.